The summed E-state index contributed by atoms with van der Waals surface area (Å²) in [5.74, 6) is 0.529. The second-order valence-electron chi connectivity index (χ2n) is 4.96. The fourth-order valence-electron chi connectivity index (χ4n) is 1.86. The van der Waals surface area contributed by atoms with Crippen LogP contribution in [0.4, 0.5) is 5.13 Å². The fourth-order valence-corrected chi connectivity index (χ4v) is 2.58. The third kappa shape index (κ3) is 5.02. The van der Waals surface area contributed by atoms with Gasteiger partial charge in [0.2, 0.25) is 5.91 Å². The number of thiazole rings is 1. The van der Waals surface area contributed by atoms with Gasteiger partial charge < -0.3 is 20.5 Å². The largest absolute Gasteiger partial charge is 0.494 e. The van der Waals surface area contributed by atoms with Crippen LogP contribution >= 0.6 is 11.3 Å². The van der Waals surface area contributed by atoms with Crippen LogP contribution in [0.1, 0.15) is 13.3 Å². The van der Waals surface area contributed by atoms with Crippen molar-refractivity contribution in [2.24, 2.45) is 5.73 Å². The predicted molar refractivity (Wildman–Crippen MR) is 91.8 cm³/mol. The van der Waals surface area contributed by atoms with E-state index < -0.39 is 6.04 Å². The van der Waals surface area contributed by atoms with E-state index in [1.165, 1.54) is 18.4 Å². The average Bonchev–Trinajstić information content (AvgIpc) is 3.02. The molecule has 2 rings (SSSR count). The Balaban J connectivity index is 2.00. The molecule has 6 nitrogen and oxygen atoms in total. The molecule has 1 aromatic carbocycles. The van der Waals surface area contributed by atoms with Crippen molar-refractivity contribution >= 4 is 22.4 Å². The molecule has 23 heavy (non-hydrogen) atoms. The number of carbonyl (C=O) groups excluding carboxylic acids is 1. The van der Waals surface area contributed by atoms with Gasteiger partial charge in [0.15, 0.2) is 5.13 Å². The van der Waals surface area contributed by atoms with Crippen LogP contribution in [0.2, 0.25) is 0 Å². The highest BCUT2D eigenvalue weighted by atomic mass is 32.1. The van der Waals surface area contributed by atoms with Crippen LogP contribution in [-0.2, 0) is 9.53 Å². The van der Waals surface area contributed by atoms with Crippen molar-refractivity contribution in [3.05, 3.63) is 29.6 Å². The smallest absolute Gasteiger partial charge is 0.245 e. The van der Waals surface area contributed by atoms with E-state index in [1.807, 2.05) is 29.6 Å². The second kappa shape index (κ2) is 8.61. The number of nitrogens with two attached hydrogens (primary N) is 1. The summed E-state index contributed by atoms with van der Waals surface area (Å²) in [6.07, 6.45) is 0.974. The van der Waals surface area contributed by atoms with Crippen LogP contribution in [-0.4, -0.2) is 37.3 Å². The van der Waals surface area contributed by atoms with E-state index >= 15 is 0 Å². The lowest BCUT2D eigenvalue weighted by atomic mass is 10.2. The summed E-state index contributed by atoms with van der Waals surface area (Å²) in [5.41, 5.74) is 7.44. The molecule has 2 aromatic rings. The molecule has 0 aliphatic rings. The molecule has 0 aliphatic carbocycles. The minimum absolute atomic E-state index is 0.170. The first-order chi connectivity index (χ1) is 11.1. The van der Waals surface area contributed by atoms with E-state index in [1.54, 1.807) is 0 Å². The summed E-state index contributed by atoms with van der Waals surface area (Å²) >= 11 is 1.36. The molecular weight excluding hydrogens is 314 g/mol. The van der Waals surface area contributed by atoms with Gasteiger partial charge in [-0.1, -0.05) is 6.92 Å². The van der Waals surface area contributed by atoms with E-state index in [2.05, 4.69) is 17.2 Å². The van der Waals surface area contributed by atoms with Crippen molar-refractivity contribution in [1.29, 1.82) is 0 Å². The summed E-state index contributed by atoms with van der Waals surface area (Å²) < 4.78 is 10.4. The Labute approximate surface area is 139 Å². The lowest BCUT2D eigenvalue weighted by molar-refractivity contribution is -0.118. The molecule has 1 unspecified atom stereocenters. The van der Waals surface area contributed by atoms with Gasteiger partial charge in [0.05, 0.1) is 18.9 Å². The monoisotopic (exact) mass is 335 g/mol. The zero-order chi connectivity index (χ0) is 16.7. The lowest BCUT2D eigenvalue weighted by Crippen LogP contribution is -2.39. The van der Waals surface area contributed by atoms with Crippen LogP contribution in [0.25, 0.3) is 11.3 Å². The summed E-state index contributed by atoms with van der Waals surface area (Å²) in [7, 11) is 1.50. The van der Waals surface area contributed by atoms with Gasteiger partial charge in [-0.3, -0.25) is 4.79 Å². The second-order valence-corrected chi connectivity index (χ2v) is 5.82. The molecule has 0 saturated carbocycles. The average molecular weight is 335 g/mol. The van der Waals surface area contributed by atoms with Gasteiger partial charge in [-0.2, -0.15) is 0 Å². The van der Waals surface area contributed by atoms with E-state index in [9.17, 15) is 4.79 Å². The molecular formula is C16H21N3O3S. The first-order valence-electron chi connectivity index (χ1n) is 7.38. The minimum Gasteiger partial charge on any atom is -0.494 e. The Hall–Kier alpha value is -1.96. The topological polar surface area (TPSA) is 86.5 Å². The normalized spacial score (nSPS) is 12.0. The molecule has 1 heterocycles. The fraction of sp³-hybridized carbons (Fsp3) is 0.375. The molecule has 0 saturated heterocycles. The molecule has 0 bridgehead atoms. The molecule has 0 aliphatic heterocycles. The van der Waals surface area contributed by atoms with Gasteiger partial charge in [-0.25, -0.2) is 4.98 Å². The van der Waals surface area contributed by atoms with Gasteiger partial charge in [0.1, 0.15) is 11.8 Å². The Morgan fingerprint density at radius 2 is 2.13 bits per heavy atom. The molecule has 0 radical (unpaired) electrons. The standard InChI is InChI=1S/C16H21N3O3S/c1-3-8-22-12-6-4-11(5-7-12)14-10-23-16(18-14)19-15(20)13(17)9-21-2/h4-7,10,13H,3,8-9,17H2,1-2H3,(H,18,19,20). The van der Waals surface area contributed by atoms with Crippen molar-refractivity contribution in [3.8, 4) is 17.0 Å². The van der Waals surface area contributed by atoms with Crippen molar-refractivity contribution < 1.29 is 14.3 Å². The first kappa shape index (κ1) is 17.4. The Morgan fingerprint density at radius 1 is 1.39 bits per heavy atom. The number of amides is 1. The van der Waals surface area contributed by atoms with E-state index in [-0.39, 0.29) is 12.5 Å². The SMILES string of the molecule is CCCOc1ccc(-c2csc(NC(=O)C(N)COC)n2)cc1. The number of carbonyl (C=O) groups is 1. The van der Waals surface area contributed by atoms with Crippen molar-refractivity contribution in [1.82, 2.24) is 4.98 Å². The molecule has 124 valence electrons. The zero-order valence-corrected chi connectivity index (χ0v) is 14.1. The van der Waals surface area contributed by atoms with E-state index in [0.29, 0.717) is 11.7 Å². The molecule has 0 spiro atoms. The highest BCUT2D eigenvalue weighted by molar-refractivity contribution is 7.14. The van der Waals surface area contributed by atoms with Crippen LogP contribution in [0.3, 0.4) is 0 Å². The van der Waals surface area contributed by atoms with E-state index in [0.717, 1.165) is 23.4 Å². The Morgan fingerprint density at radius 3 is 2.78 bits per heavy atom. The minimum atomic E-state index is -0.706. The van der Waals surface area contributed by atoms with Crippen molar-refractivity contribution in [2.75, 3.05) is 25.6 Å². The number of anilines is 1. The summed E-state index contributed by atoms with van der Waals surface area (Å²) in [6.45, 7) is 2.94. The quantitative estimate of drug-likeness (QED) is 0.774. The van der Waals surface area contributed by atoms with Gasteiger partial charge in [0, 0.05) is 18.1 Å². The Bertz CT molecular complexity index is 628. The van der Waals surface area contributed by atoms with Gasteiger partial charge in [-0.05, 0) is 30.7 Å². The summed E-state index contributed by atoms with van der Waals surface area (Å²) in [4.78, 5) is 16.2. The number of aromatic nitrogens is 1. The maximum atomic E-state index is 11.8. The number of methoxy groups -OCH3 is 1. The van der Waals surface area contributed by atoms with Crippen LogP contribution < -0.4 is 15.8 Å². The summed E-state index contributed by atoms with van der Waals surface area (Å²) in [6, 6.07) is 7.01. The number of ether oxygens (including phenoxy) is 2. The maximum Gasteiger partial charge on any atom is 0.245 e. The Kier molecular flexibility index (Phi) is 6.52. The van der Waals surface area contributed by atoms with Crippen LogP contribution in [0, 0.1) is 0 Å². The number of nitrogens with zero attached hydrogens (tertiary/aromatic N) is 1. The van der Waals surface area contributed by atoms with Gasteiger partial charge in [-0.15, -0.1) is 11.3 Å². The van der Waals surface area contributed by atoms with Gasteiger partial charge in [0.25, 0.3) is 0 Å². The maximum absolute atomic E-state index is 11.8. The van der Waals surface area contributed by atoms with Gasteiger partial charge >= 0.3 is 0 Å². The number of nitrogens with one attached hydrogen (secondary N) is 1. The highest BCUT2D eigenvalue weighted by Gasteiger charge is 2.15. The molecule has 1 aromatic heterocycles. The van der Waals surface area contributed by atoms with Crippen molar-refractivity contribution in [3.63, 3.8) is 0 Å². The number of rotatable bonds is 8. The molecule has 3 N–H and O–H groups in total. The predicted octanol–water partition coefficient (Wildman–Crippen LogP) is 2.51. The first-order valence-corrected chi connectivity index (χ1v) is 8.26. The van der Waals surface area contributed by atoms with Crippen LogP contribution in [0.15, 0.2) is 29.6 Å². The highest BCUT2D eigenvalue weighted by Crippen LogP contribution is 2.26. The number of benzene rings is 1. The molecule has 7 heteroatoms. The third-order valence-electron chi connectivity index (χ3n) is 3.04. The molecule has 1 amide bonds. The third-order valence-corrected chi connectivity index (χ3v) is 3.80. The van der Waals surface area contributed by atoms with Crippen LogP contribution in [0.5, 0.6) is 5.75 Å². The number of hydrogen-bond donors (Lipinski definition) is 2. The summed E-state index contributed by atoms with van der Waals surface area (Å²) in [5, 5.41) is 5.10. The lowest BCUT2D eigenvalue weighted by Gasteiger charge is -2.08. The number of hydrogen-bond acceptors (Lipinski definition) is 6. The van der Waals surface area contributed by atoms with Crippen molar-refractivity contribution in [2.45, 2.75) is 19.4 Å². The molecule has 1 atom stereocenters. The molecule has 0 fully saturated rings. The van der Waals surface area contributed by atoms with E-state index in [4.69, 9.17) is 15.2 Å². The zero-order valence-electron chi connectivity index (χ0n) is 13.2.